The number of nitrogens with one attached hydrogen (secondary N) is 2. The van der Waals surface area contributed by atoms with Crippen LogP contribution in [0.4, 0.5) is 5.69 Å². The molecule has 3 rings (SSSR count). The van der Waals surface area contributed by atoms with E-state index in [1.165, 1.54) is 12.8 Å². The summed E-state index contributed by atoms with van der Waals surface area (Å²) in [7, 11) is 1.77. The summed E-state index contributed by atoms with van der Waals surface area (Å²) >= 11 is 0. The lowest BCUT2D eigenvalue weighted by Gasteiger charge is -2.31. The molecule has 2 aromatic rings. The zero-order valence-corrected chi connectivity index (χ0v) is 10.9. The summed E-state index contributed by atoms with van der Waals surface area (Å²) in [6.07, 6.45) is 4.91. The highest BCUT2D eigenvalue weighted by atomic mass is 16.5. The van der Waals surface area contributed by atoms with E-state index >= 15 is 0 Å². The quantitative estimate of drug-likeness (QED) is 0.891. The number of H-pyrrole nitrogens is 1. The first-order chi connectivity index (χ1) is 9.26. The molecule has 1 saturated carbocycles. The molecule has 2 N–H and O–H groups in total. The van der Waals surface area contributed by atoms with Gasteiger partial charge in [0.25, 0.3) is 0 Å². The zero-order chi connectivity index (χ0) is 13.2. The van der Waals surface area contributed by atoms with Gasteiger partial charge in [-0.3, -0.25) is 4.98 Å². The van der Waals surface area contributed by atoms with Crippen LogP contribution in [0.5, 0.6) is 0 Å². The summed E-state index contributed by atoms with van der Waals surface area (Å²) in [6.45, 7) is 0. The Morgan fingerprint density at radius 1 is 1.37 bits per heavy atom. The fourth-order valence-corrected chi connectivity index (χ4v) is 2.80. The number of benzene rings is 1. The van der Waals surface area contributed by atoms with Crippen LogP contribution in [0.2, 0.25) is 0 Å². The molecule has 1 aliphatic carbocycles. The van der Waals surface area contributed by atoms with E-state index in [-0.39, 0.29) is 6.10 Å². The van der Waals surface area contributed by atoms with Crippen LogP contribution in [0.3, 0.4) is 0 Å². The van der Waals surface area contributed by atoms with Gasteiger partial charge in [0.2, 0.25) is 0 Å². The monoisotopic (exact) mass is 262 g/mol. The van der Waals surface area contributed by atoms with Gasteiger partial charge in [-0.1, -0.05) is 12.8 Å². The topological polar surface area (TPSA) is 67.3 Å². The van der Waals surface area contributed by atoms with Crippen LogP contribution in [-0.4, -0.2) is 24.2 Å². The molecule has 1 aromatic heterocycles. The molecule has 5 heteroatoms. The number of hydrogen-bond donors (Lipinski definition) is 2. The number of rotatable bonds is 3. The van der Waals surface area contributed by atoms with Crippen LogP contribution in [-0.2, 0) is 4.74 Å². The van der Waals surface area contributed by atoms with E-state index in [9.17, 15) is 4.79 Å². The summed E-state index contributed by atoms with van der Waals surface area (Å²) in [6, 6.07) is 5.97. The van der Waals surface area contributed by atoms with Crippen molar-refractivity contribution in [3.63, 3.8) is 0 Å². The third-order valence-electron chi connectivity index (χ3n) is 3.78. The second-order valence-electron chi connectivity index (χ2n) is 5.03. The molecule has 1 aliphatic rings. The maximum atomic E-state index is 11.1. The van der Waals surface area contributed by atoms with Gasteiger partial charge in [0.1, 0.15) is 0 Å². The fourth-order valence-electron chi connectivity index (χ4n) is 2.80. The van der Waals surface area contributed by atoms with Gasteiger partial charge in [-0.2, -0.15) is 0 Å². The highest BCUT2D eigenvalue weighted by Gasteiger charge is 2.24. The van der Waals surface area contributed by atoms with Gasteiger partial charge in [-0.25, -0.2) is 4.79 Å². The van der Waals surface area contributed by atoms with E-state index in [4.69, 9.17) is 9.15 Å². The third kappa shape index (κ3) is 2.51. The molecule has 5 nitrogen and oxygen atoms in total. The first-order valence-electron chi connectivity index (χ1n) is 6.68. The molecule has 0 amide bonds. The number of oxazole rings is 1. The largest absolute Gasteiger partial charge is 0.417 e. The average molecular weight is 262 g/mol. The van der Waals surface area contributed by atoms with E-state index in [0.29, 0.717) is 11.6 Å². The molecule has 1 fully saturated rings. The number of anilines is 1. The standard InChI is InChI=1S/C14H18N2O3/c1-18-12-5-3-2-4-10(12)15-9-6-7-13-11(8-9)16-14(17)19-13/h6-8,10,12,15H,2-5H2,1H3,(H,16,17). The Labute approximate surface area is 111 Å². The summed E-state index contributed by atoms with van der Waals surface area (Å²) in [5.41, 5.74) is 2.29. The molecule has 0 aliphatic heterocycles. The Balaban J connectivity index is 1.81. The van der Waals surface area contributed by atoms with E-state index in [1.807, 2.05) is 12.1 Å². The predicted octanol–water partition coefficient (Wildman–Crippen LogP) is 2.49. The number of fused-ring (bicyclic) bond motifs is 1. The van der Waals surface area contributed by atoms with Crippen molar-refractivity contribution in [3.05, 3.63) is 28.7 Å². The van der Waals surface area contributed by atoms with Gasteiger partial charge < -0.3 is 14.5 Å². The molecule has 102 valence electrons. The highest BCUT2D eigenvalue weighted by molar-refractivity contribution is 5.76. The van der Waals surface area contributed by atoms with E-state index < -0.39 is 5.76 Å². The maximum absolute atomic E-state index is 11.1. The van der Waals surface area contributed by atoms with Crippen molar-refractivity contribution in [2.24, 2.45) is 0 Å². The lowest BCUT2D eigenvalue weighted by molar-refractivity contribution is 0.0606. The first-order valence-corrected chi connectivity index (χ1v) is 6.68. The van der Waals surface area contributed by atoms with Crippen LogP contribution in [0, 0.1) is 0 Å². The zero-order valence-electron chi connectivity index (χ0n) is 10.9. The lowest BCUT2D eigenvalue weighted by atomic mass is 9.92. The Bertz CT molecular complexity index is 616. The molecule has 1 heterocycles. The van der Waals surface area contributed by atoms with Gasteiger partial charge in [0.15, 0.2) is 5.58 Å². The molecule has 19 heavy (non-hydrogen) atoms. The molecular weight excluding hydrogens is 244 g/mol. The number of methoxy groups -OCH3 is 1. The van der Waals surface area contributed by atoms with E-state index in [0.717, 1.165) is 24.0 Å². The average Bonchev–Trinajstić information content (AvgIpc) is 2.79. The molecule has 2 atom stereocenters. The van der Waals surface area contributed by atoms with E-state index in [2.05, 4.69) is 10.3 Å². The van der Waals surface area contributed by atoms with Crippen molar-refractivity contribution in [3.8, 4) is 0 Å². The number of aromatic nitrogens is 1. The molecule has 2 unspecified atom stereocenters. The van der Waals surface area contributed by atoms with Gasteiger partial charge >= 0.3 is 5.76 Å². The van der Waals surface area contributed by atoms with Crippen LogP contribution in [0.1, 0.15) is 25.7 Å². The Hall–Kier alpha value is -1.75. The van der Waals surface area contributed by atoms with E-state index in [1.54, 1.807) is 13.2 Å². The summed E-state index contributed by atoms with van der Waals surface area (Å²) in [5.74, 6) is -0.417. The molecule has 0 radical (unpaired) electrons. The van der Waals surface area contributed by atoms with Crippen molar-refractivity contribution < 1.29 is 9.15 Å². The summed E-state index contributed by atoms with van der Waals surface area (Å²) in [4.78, 5) is 13.8. The minimum atomic E-state index is -0.417. The predicted molar refractivity (Wildman–Crippen MR) is 73.5 cm³/mol. The van der Waals surface area contributed by atoms with Gasteiger partial charge in [-0.15, -0.1) is 0 Å². The number of hydrogen-bond acceptors (Lipinski definition) is 4. The lowest BCUT2D eigenvalue weighted by Crippen LogP contribution is -2.37. The Morgan fingerprint density at radius 3 is 3.05 bits per heavy atom. The van der Waals surface area contributed by atoms with Crippen LogP contribution < -0.4 is 11.1 Å². The Kier molecular flexibility index (Phi) is 3.29. The summed E-state index contributed by atoms with van der Waals surface area (Å²) < 4.78 is 10.5. The van der Waals surface area contributed by atoms with Crippen molar-refractivity contribution >= 4 is 16.8 Å². The first kappa shape index (κ1) is 12.3. The second-order valence-corrected chi connectivity index (χ2v) is 5.03. The highest BCUT2D eigenvalue weighted by Crippen LogP contribution is 2.25. The fraction of sp³-hybridized carbons (Fsp3) is 0.500. The molecule has 0 bridgehead atoms. The maximum Gasteiger partial charge on any atom is 0.417 e. The van der Waals surface area contributed by atoms with Crippen LogP contribution in [0.15, 0.2) is 27.4 Å². The Morgan fingerprint density at radius 2 is 2.21 bits per heavy atom. The van der Waals surface area contributed by atoms with Gasteiger partial charge in [-0.05, 0) is 31.0 Å². The minimum absolute atomic E-state index is 0.257. The second kappa shape index (κ2) is 5.09. The van der Waals surface area contributed by atoms with Crippen LogP contribution >= 0.6 is 0 Å². The normalized spacial score (nSPS) is 23.6. The van der Waals surface area contributed by atoms with Crippen molar-refractivity contribution in [2.75, 3.05) is 12.4 Å². The van der Waals surface area contributed by atoms with Crippen molar-refractivity contribution in [1.29, 1.82) is 0 Å². The van der Waals surface area contributed by atoms with Crippen LogP contribution in [0.25, 0.3) is 11.1 Å². The van der Waals surface area contributed by atoms with Gasteiger partial charge in [0.05, 0.1) is 17.7 Å². The smallest absolute Gasteiger partial charge is 0.408 e. The van der Waals surface area contributed by atoms with Crippen molar-refractivity contribution in [2.45, 2.75) is 37.8 Å². The molecule has 0 saturated heterocycles. The number of ether oxygens (including phenoxy) is 1. The van der Waals surface area contributed by atoms with Crippen molar-refractivity contribution in [1.82, 2.24) is 4.98 Å². The number of aromatic amines is 1. The molecular formula is C14H18N2O3. The van der Waals surface area contributed by atoms with Gasteiger partial charge in [0, 0.05) is 12.8 Å². The third-order valence-corrected chi connectivity index (χ3v) is 3.78. The molecule has 1 aromatic carbocycles. The molecule has 0 spiro atoms. The summed E-state index contributed by atoms with van der Waals surface area (Å²) in [5, 5.41) is 3.49. The minimum Gasteiger partial charge on any atom is -0.408 e. The SMILES string of the molecule is COC1CCCCC1Nc1ccc2oc(=O)[nH]c2c1.